The Bertz CT molecular complexity index is 744. The zero-order chi connectivity index (χ0) is 16.5. The molecule has 0 spiro atoms. The third kappa shape index (κ3) is 3.18. The van der Waals surface area contributed by atoms with Crippen molar-refractivity contribution in [2.24, 2.45) is 11.7 Å². The van der Waals surface area contributed by atoms with Crippen LogP contribution in [0.15, 0.2) is 34.1 Å². The zero-order valence-corrected chi connectivity index (χ0v) is 14.3. The Morgan fingerprint density at radius 3 is 2.41 bits per heavy atom. The molecule has 0 bridgehead atoms. The van der Waals surface area contributed by atoms with E-state index in [9.17, 15) is 16.8 Å². The lowest BCUT2D eigenvalue weighted by molar-refractivity contribution is 0.459. The molecule has 124 valence electrons. The van der Waals surface area contributed by atoms with E-state index in [1.165, 1.54) is 42.7 Å². The summed E-state index contributed by atoms with van der Waals surface area (Å²) in [6.07, 6.45) is 0.728. The molecule has 9 heteroatoms. The largest absolute Gasteiger partial charge is 0.330 e. The quantitative estimate of drug-likeness (QED) is 0.802. The summed E-state index contributed by atoms with van der Waals surface area (Å²) in [5.74, 6) is 0.156. The Balaban J connectivity index is 2.38. The molecule has 1 aromatic carbocycles. The van der Waals surface area contributed by atoms with Gasteiger partial charge in [-0.15, -0.1) is 0 Å². The minimum absolute atomic E-state index is 0.00639. The van der Waals surface area contributed by atoms with Gasteiger partial charge in [-0.3, -0.25) is 0 Å². The molecule has 1 heterocycles. The van der Waals surface area contributed by atoms with Crippen LogP contribution >= 0.6 is 0 Å². The van der Waals surface area contributed by atoms with Gasteiger partial charge in [0, 0.05) is 27.2 Å². The van der Waals surface area contributed by atoms with Crippen molar-refractivity contribution < 1.29 is 16.8 Å². The van der Waals surface area contributed by atoms with Gasteiger partial charge in [0.15, 0.2) is 0 Å². The SMILES string of the molecule is CN(C)S(=O)(=O)c1cccc(S(=O)(=O)N2CCC(CN)C2)c1. The highest BCUT2D eigenvalue weighted by Gasteiger charge is 2.32. The average molecular weight is 347 g/mol. The molecule has 2 N–H and O–H groups in total. The second-order valence-corrected chi connectivity index (χ2v) is 9.61. The first-order chi connectivity index (χ1) is 10.2. The summed E-state index contributed by atoms with van der Waals surface area (Å²) in [6, 6.07) is 5.46. The highest BCUT2D eigenvalue weighted by molar-refractivity contribution is 7.90. The maximum Gasteiger partial charge on any atom is 0.243 e. The second kappa shape index (κ2) is 6.25. The Morgan fingerprint density at radius 2 is 1.86 bits per heavy atom. The third-order valence-electron chi connectivity index (χ3n) is 3.80. The summed E-state index contributed by atoms with van der Waals surface area (Å²) in [5, 5.41) is 0. The summed E-state index contributed by atoms with van der Waals surface area (Å²) in [4.78, 5) is -0.0405. The maximum atomic E-state index is 12.6. The molecule has 1 aliphatic rings. The fraction of sp³-hybridized carbons (Fsp3) is 0.538. The molecule has 1 aromatic rings. The molecule has 22 heavy (non-hydrogen) atoms. The molecule has 1 fully saturated rings. The van der Waals surface area contributed by atoms with E-state index in [1.54, 1.807) is 0 Å². The molecule has 0 radical (unpaired) electrons. The minimum atomic E-state index is -3.70. The number of hydrogen-bond donors (Lipinski definition) is 1. The Morgan fingerprint density at radius 1 is 1.23 bits per heavy atom. The number of nitrogens with zero attached hydrogens (tertiary/aromatic N) is 2. The molecule has 0 aliphatic carbocycles. The van der Waals surface area contributed by atoms with Crippen LogP contribution in [0.25, 0.3) is 0 Å². The molecule has 0 amide bonds. The molecule has 7 nitrogen and oxygen atoms in total. The van der Waals surface area contributed by atoms with Gasteiger partial charge in [0.25, 0.3) is 0 Å². The first kappa shape index (κ1) is 17.4. The van der Waals surface area contributed by atoms with Gasteiger partial charge in [0.2, 0.25) is 20.0 Å². The summed E-state index contributed by atoms with van der Waals surface area (Å²) < 4.78 is 51.9. The van der Waals surface area contributed by atoms with Crippen molar-refractivity contribution in [1.29, 1.82) is 0 Å². The van der Waals surface area contributed by atoms with Gasteiger partial charge in [-0.05, 0) is 37.1 Å². The van der Waals surface area contributed by atoms with Gasteiger partial charge in [0.1, 0.15) is 0 Å². The van der Waals surface area contributed by atoms with Crippen molar-refractivity contribution in [2.75, 3.05) is 33.7 Å². The van der Waals surface area contributed by atoms with Crippen LogP contribution in [-0.4, -0.2) is 59.2 Å². The number of hydrogen-bond acceptors (Lipinski definition) is 5. The summed E-state index contributed by atoms with van der Waals surface area (Å²) in [7, 11) is -4.55. The smallest absolute Gasteiger partial charge is 0.243 e. The Kier molecular flexibility index (Phi) is 4.93. The van der Waals surface area contributed by atoms with Crippen molar-refractivity contribution in [3.8, 4) is 0 Å². The first-order valence-electron chi connectivity index (χ1n) is 6.92. The Hall–Kier alpha value is -1.00. The van der Waals surface area contributed by atoms with Gasteiger partial charge < -0.3 is 5.73 Å². The summed E-state index contributed by atoms with van der Waals surface area (Å²) in [6.45, 7) is 1.24. The first-order valence-corrected chi connectivity index (χ1v) is 9.80. The van der Waals surface area contributed by atoms with Crippen LogP contribution in [0, 0.1) is 5.92 Å². The van der Waals surface area contributed by atoms with Crippen molar-refractivity contribution in [1.82, 2.24) is 8.61 Å². The van der Waals surface area contributed by atoms with E-state index >= 15 is 0 Å². The van der Waals surface area contributed by atoms with Crippen LogP contribution in [0.5, 0.6) is 0 Å². The topological polar surface area (TPSA) is 101 Å². The Labute approximate surface area is 131 Å². The molecular formula is C13H21N3O4S2. The second-order valence-electron chi connectivity index (χ2n) is 5.52. The van der Waals surface area contributed by atoms with Gasteiger partial charge in [-0.1, -0.05) is 6.07 Å². The van der Waals surface area contributed by atoms with Crippen LogP contribution in [-0.2, 0) is 20.0 Å². The van der Waals surface area contributed by atoms with E-state index in [2.05, 4.69) is 0 Å². The maximum absolute atomic E-state index is 12.6. The average Bonchev–Trinajstić information content (AvgIpc) is 2.97. The van der Waals surface area contributed by atoms with Crippen LogP contribution < -0.4 is 5.73 Å². The predicted molar refractivity (Wildman–Crippen MR) is 83.2 cm³/mol. The lowest BCUT2D eigenvalue weighted by Crippen LogP contribution is -2.30. The van der Waals surface area contributed by atoms with Gasteiger partial charge >= 0.3 is 0 Å². The summed E-state index contributed by atoms with van der Waals surface area (Å²) in [5.41, 5.74) is 5.59. The fourth-order valence-electron chi connectivity index (χ4n) is 2.36. The van der Waals surface area contributed by atoms with Crippen molar-refractivity contribution >= 4 is 20.0 Å². The molecule has 0 saturated carbocycles. The minimum Gasteiger partial charge on any atom is -0.330 e. The van der Waals surface area contributed by atoms with Crippen LogP contribution in [0.1, 0.15) is 6.42 Å². The molecule has 1 unspecified atom stereocenters. The van der Waals surface area contributed by atoms with E-state index in [1.807, 2.05) is 0 Å². The van der Waals surface area contributed by atoms with Gasteiger partial charge in [0.05, 0.1) is 9.79 Å². The van der Waals surface area contributed by atoms with E-state index in [0.29, 0.717) is 19.6 Å². The number of benzene rings is 1. The third-order valence-corrected chi connectivity index (χ3v) is 7.48. The number of rotatable bonds is 5. The zero-order valence-electron chi connectivity index (χ0n) is 12.6. The fourth-order valence-corrected chi connectivity index (χ4v) is 4.96. The van der Waals surface area contributed by atoms with E-state index in [-0.39, 0.29) is 15.7 Å². The monoisotopic (exact) mass is 347 g/mol. The normalized spacial score (nSPS) is 20.6. The lowest BCUT2D eigenvalue weighted by Gasteiger charge is -2.17. The van der Waals surface area contributed by atoms with Crippen LogP contribution in [0.4, 0.5) is 0 Å². The molecule has 1 atom stereocenters. The van der Waals surface area contributed by atoms with Crippen molar-refractivity contribution in [2.45, 2.75) is 16.2 Å². The van der Waals surface area contributed by atoms with Gasteiger partial charge in [-0.2, -0.15) is 4.31 Å². The molecule has 0 aromatic heterocycles. The number of nitrogens with two attached hydrogens (primary N) is 1. The van der Waals surface area contributed by atoms with Crippen molar-refractivity contribution in [3.63, 3.8) is 0 Å². The van der Waals surface area contributed by atoms with E-state index in [0.717, 1.165) is 10.7 Å². The van der Waals surface area contributed by atoms with Gasteiger partial charge in [-0.25, -0.2) is 21.1 Å². The highest BCUT2D eigenvalue weighted by Crippen LogP contribution is 2.25. The molecular weight excluding hydrogens is 326 g/mol. The molecule has 2 rings (SSSR count). The predicted octanol–water partition coefficient (Wildman–Crippen LogP) is -0.0938. The standard InChI is InChI=1S/C13H21N3O4S2/c1-15(2)21(17,18)12-4-3-5-13(8-12)22(19,20)16-7-6-11(9-14)10-16/h3-5,8,11H,6-7,9-10,14H2,1-2H3. The van der Waals surface area contributed by atoms with E-state index < -0.39 is 20.0 Å². The van der Waals surface area contributed by atoms with Crippen LogP contribution in [0.3, 0.4) is 0 Å². The van der Waals surface area contributed by atoms with Crippen LogP contribution in [0.2, 0.25) is 0 Å². The molecule has 1 saturated heterocycles. The molecule has 1 aliphatic heterocycles. The summed E-state index contributed by atoms with van der Waals surface area (Å²) >= 11 is 0. The van der Waals surface area contributed by atoms with E-state index in [4.69, 9.17) is 5.73 Å². The number of sulfonamides is 2. The lowest BCUT2D eigenvalue weighted by atomic mass is 10.1. The highest BCUT2D eigenvalue weighted by atomic mass is 32.2. The van der Waals surface area contributed by atoms with Crippen molar-refractivity contribution in [3.05, 3.63) is 24.3 Å².